The molecule has 0 bridgehead atoms. The van der Waals surface area contributed by atoms with Crippen molar-refractivity contribution in [2.45, 2.75) is 18.1 Å². The van der Waals surface area contributed by atoms with E-state index >= 15 is 0 Å². The van der Waals surface area contributed by atoms with Crippen molar-refractivity contribution >= 4 is 0 Å². The molecule has 84 valence electrons. The van der Waals surface area contributed by atoms with Crippen molar-refractivity contribution in [1.82, 2.24) is 10.1 Å². The second-order valence-corrected chi connectivity index (χ2v) is 3.38. The van der Waals surface area contributed by atoms with Gasteiger partial charge in [-0.25, -0.2) is 0 Å². The van der Waals surface area contributed by atoms with Gasteiger partial charge in [-0.05, 0) is 6.42 Å². The van der Waals surface area contributed by atoms with Crippen molar-refractivity contribution in [2.24, 2.45) is 5.73 Å². The number of ether oxygens (including phenoxy) is 1. The first-order valence-corrected chi connectivity index (χ1v) is 4.20. The number of hydrogen-bond acceptors (Lipinski definition) is 5. The lowest BCUT2D eigenvalue weighted by atomic mass is 10.00. The molecule has 1 aliphatic heterocycles. The molecule has 1 aliphatic rings. The molecule has 0 amide bonds. The van der Waals surface area contributed by atoms with Gasteiger partial charge in [0.25, 0.3) is 0 Å². The Hall–Kier alpha value is -1.15. The third-order valence-corrected chi connectivity index (χ3v) is 2.17. The number of halogens is 3. The highest BCUT2D eigenvalue weighted by molar-refractivity contribution is 5.06. The van der Waals surface area contributed by atoms with E-state index in [9.17, 15) is 13.2 Å². The average Bonchev–Trinajstić information content (AvgIpc) is 2.69. The summed E-state index contributed by atoms with van der Waals surface area (Å²) >= 11 is 0. The largest absolute Gasteiger partial charge is 0.471 e. The number of nitrogens with zero attached hydrogens (tertiary/aromatic N) is 2. The van der Waals surface area contributed by atoms with E-state index in [4.69, 9.17) is 10.5 Å². The molecular weight excluding hydrogens is 215 g/mol. The Morgan fingerprint density at radius 1 is 1.40 bits per heavy atom. The average molecular weight is 223 g/mol. The zero-order valence-electron chi connectivity index (χ0n) is 7.54. The van der Waals surface area contributed by atoms with E-state index in [2.05, 4.69) is 14.7 Å². The predicted molar refractivity (Wildman–Crippen MR) is 40.6 cm³/mol. The monoisotopic (exact) mass is 223 g/mol. The molecule has 1 aromatic heterocycles. The van der Waals surface area contributed by atoms with Gasteiger partial charge in [0.2, 0.25) is 0 Å². The second kappa shape index (κ2) is 3.17. The third kappa shape index (κ3) is 1.82. The molecule has 1 aromatic rings. The van der Waals surface area contributed by atoms with Gasteiger partial charge in [0.1, 0.15) is 5.54 Å². The zero-order chi connectivity index (χ0) is 11.1. The lowest BCUT2D eigenvalue weighted by molar-refractivity contribution is -0.159. The lowest BCUT2D eigenvalue weighted by Crippen LogP contribution is -2.38. The molecule has 8 heteroatoms. The normalized spacial score (nSPS) is 27.2. The van der Waals surface area contributed by atoms with E-state index in [1.807, 2.05) is 0 Å². The standard InChI is InChI=1S/C7H8F3N3O2/c8-7(9,10)5-12-4(13-15-5)6(11)1-2-14-3-6/h1-3,11H2. The molecule has 0 saturated carbocycles. The van der Waals surface area contributed by atoms with E-state index in [1.165, 1.54) is 0 Å². The topological polar surface area (TPSA) is 74.2 Å². The molecule has 0 aromatic carbocycles. The van der Waals surface area contributed by atoms with Crippen LogP contribution in [0.5, 0.6) is 0 Å². The minimum Gasteiger partial charge on any atom is -0.379 e. The number of aromatic nitrogens is 2. The maximum absolute atomic E-state index is 12.1. The van der Waals surface area contributed by atoms with Crippen LogP contribution in [-0.2, 0) is 16.5 Å². The number of rotatable bonds is 1. The van der Waals surface area contributed by atoms with Crippen molar-refractivity contribution in [3.05, 3.63) is 11.7 Å². The summed E-state index contributed by atoms with van der Waals surface area (Å²) in [6.45, 7) is 0.482. The minimum absolute atomic E-state index is 0.101. The molecule has 0 aliphatic carbocycles. The van der Waals surface area contributed by atoms with Crippen LogP contribution >= 0.6 is 0 Å². The van der Waals surface area contributed by atoms with E-state index in [1.54, 1.807) is 0 Å². The van der Waals surface area contributed by atoms with Gasteiger partial charge < -0.3 is 15.0 Å². The van der Waals surface area contributed by atoms with E-state index < -0.39 is 17.6 Å². The molecule has 1 unspecified atom stereocenters. The Kier molecular flexibility index (Phi) is 2.19. The molecule has 2 N–H and O–H groups in total. The SMILES string of the molecule is NC1(c2noc(C(F)(F)F)n2)CCOC1. The van der Waals surface area contributed by atoms with Gasteiger partial charge in [0.15, 0.2) is 5.82 Å². The van der Waals surface area contributed by atoms with E-state index in [0.717, 1.165) is 0 Å². The summed E-state index contributed by atoms with van der Waals surface area (Å²) in [5.74, 6) is -1.54. The summed E-state index contributed by atoms with van der Waals surface area (Å²) in [5.41, 5.74) is 4.70. The highest BCUT2D eigenvalue weighted by Gasteiger charge is 2.43. The summed E-state index contributed by atoms with van der Waals surface area (Å²) in [7, 11) is 0. The molecule has 1 atom stereocenters. The first-order valence-electron chi connectivity index (χ1n) is 4.20. The van der Waals surface area contributed by atoms with Crippen LogP contribution in [0.15, 0.2) is 4.52 Å². The summed E-state index contributed by atoms with van der Waals surface area (Å²) in [5, 5.41) is 3.23. The van der Waals surface area contributed by atoms with Crippen LogP contribution in [-0.4, -0.2) is 23.4 Å². The van der Waals surface area contributed by atoms with Crippen LogP contribution in [0, 0.1) is 0 Å². The maximum Gasteiger partial charge on any atom is 0.471 e. The molecule has 2 rings (SSSR count). The van der Waals surface area contributed by atoms with Gasteiger partial charge in [-0.15, -0.1) is 0 Å². The number of alkyl halides is 3. The zero-order valence-corrected chi connectivity index (χ0v) is 7.54. The third-order valence-electron chi connectivity index (χ3n) is 2.17. The predicted octanol–water partition coefficient (Wildman–Crippen LogP) is 0.663. The molecule has 0 radical (unpaired) electrons. The van der Waals surface area contributed by atoms with Crippen molar-refractivity contribution in [3.8, 4) is 0 Å². The molecule has 1 saturated heterocycles. The van der Waals surface area contributed by atoms with Gasteiger partial charge in [-0.3, -0.25) is 0 Å². The van der Waals surface area contributed by atoms with Crippen molar-refractivity contribution in [1.29, 1.82) is 0 Å². The summed E-state index contributed by atoms with van der Waals surface area (Å²) in [6.07, 6.45) is -4.26. The quantitative estimate of drug-likeness (QED) is 0.757. The molecule has 15 heavy (non-hydrogen) atoms. The lowest BCUT2D eigenvalue weighted by Gasteiger charge is -2.15. The Labute approximate surface area is 82.4 Å². The van der Waals surface area contributed by atoms with Crippen molar-refractivity contribution in [3.63, 3.8) is 0 Å². The molecule has 1 fully saturated rings. The van der Waals surface area contributed by atoms with Crippen LogP contribution < -0.4 is 5.73 Å². The van der Waals surface area contributed by atoms with E-state index in [-0.39, 0.29) is 12.4 Å². The number of nitrogens with two attached hydrogens (primary N) is 1. The van der Waals surface area contributed by atoms with Gasteiger partial charge in [-0.1, -0.05) is 5.16 Å². The van der Waals surface area contributed by atoms with Crippen LogP contribution in [0.25, 0.3) is 0 Å². The van der Waals surface area contributed by atoms with Gasteiger partial charge in [0, 0.05) is 6.61 Å². The fourth-order valence-corrected chi connectivity index (χ4v) is 1.30. The summed E-state index contributed by atoms with van der Waals surface area (Å²) in [4.78, 5) is 3.23. The van der Waals surface area contributed by atoms with E-state index in [0.29, 0.717) is 13.0 Å². The second-order valence-electron chi connectivity index (χ2n) is 3.38. The fraction of sp³-hybridized carbons (Fsp3) is 0.714. The summed E-state index contributed by atoms with van der Waals surface area (Å²) in [6, 6.07) is 0. The molecule has 2 heterocycles. The smallest absolute Gasteiger partial charge is 0.379 e. The molecule has 5 nitrogen and oxygen atoms in total. The number of hydrogen-bond donors (Lipinski definition) is 1. The highest BCUT2D eigenvalue weighted by Crippen LogP contribution is 2.31. The highest BCUT2D eigenvalue weighted by atomic mass is 19.4. The Morgan fingerprint density at radius 3 is 2.60 bits per heavy atom. The Morgan fingerprint density at radius 2 is 2.13 bits per heavy atom. The Bertz CT molecular complexity index is 357. The van der Waals surface area contributed by atoms with Crippen molar-refractivity contribution in [2.75, 3.05) is 13.2 Å². The minimum atomic E-state index is -4.64. The van der Waals surface area contributed by atoms with Gasteiger partial charge >= 0.3 is 12.1 Å². The van der Waals surface area contributed by atoms with Crippen molar-refractivity contribution < 1.29 is 22.4 Å². The van der Waals surface area contributed by atoms with Crippen LogP contribution in [0.4, 0.5) is 13.2 Å². The molecular formula is C7H8F3N3O2. The summed E-state index contributed by atoms with van der Waals surface area (Å²) < 4.78 is 45.5. The maximum atomic E-state index is 12.1. The fourth-order valence-electron chi connectivity index (χ4n) is 1.30. The van der Waals surface area contributed by atoms with Gasteiger partial charge in [-0.2, -0.15) is 18.2 Å². The van der Waals surface area contributed by atoms with Crippen LogP contribution in [0.2, 0.25) is 0 Å². The van der Waals surface area contributed by atoms with Crippen LogP contribution in [0.3, 0.4) is 0 Å². The Balaban J connectivity index is 2.27. The van der Waals surface area contributed by atoms with Crippen LogP contribution in [0.1, 0.15) is 18.1 Å². The molecule has 0 spiro atoms. The van der Waals surface area contributed by atoms with Gasteiger partial charge in [0.05, 0.1) is 6.61 Å². The first kappa shape index (κ1) is 10.4. The first-order chi connectivity index (χ1) is 6.92.